The summed E-state index contributed by atoms with van der Waals surface area (Å²) in [6.07, 6.45) is 1.51. The number of hydrogen-bond acceptors (Lipinski definition) is 6. The van der Waals surface area contributed by atoms with Crippen LogP contribution < -0.4 is 5.32 Å². The monoisotopic (exact) mass is 408 g/mol. The molecule has 1 saturated heterocycles. The molecule has 9 heteroatoms. The number of esters is 1. The van der Waals surface area contributed by atoms with Gasteiger partial charge in [0.1, 0.15) is 17.2 Å². The average Bonchev–Trinajstić information content (AvgIpc) is 3.30. The Labute approximate surface area is 165 Å². The van der Waals surface area contributed by atoms with E-state index in [1.54, 1.807) is 36.4 Å². The minimum Gasteiger partial charge on any atom is -0.466 e. The van der Waals surface area contributed by atoms with Crippen LogP contribution in [0, 0.1) is 0 Å². The molecule has 1 aromatic heterocycles. The topological polar surface area (TPSA) is 88.8 Å². The van der Waals surface area contributed by atoms with E-state index >= 15 is 0 Å². The Balaban J connectivity index is 1.59. The lowest BCUT2D eigenvalue weighted by Crippen LogP contribution is -2.43. The second kappa shape index (κ2) is 8.49. The fraction of sp³-hybridized carbons (Fsp3) is 0.278. The highest BCUT2D eigenvalue weighted by Gasteiger charge is 2.43. The second-order valence-electron chi connectivity index (χ2n) is 5.78. The molecule has 1 aromatic carbocycles. The number of halogens is 1. The zero-order valence-corrected chi connectivity index (χ0v) is 16.0. The van der Waals surface area contributed by atoms with E-state index < -0.39 is 29.9 Å². The second-order valence-corrected chi connectivity index (χ2v) is 7.30. The SMILES string of the molecule is CC(=O)N1[C@@H](C(=O)OCC(=O)Nc2ccccc2Cl)CS[C@H]1c1ccco1. The maximum Gasteiger partial charge on any atom is 0.330 e. The van der Waals surface area contributed by atoms with Crippen LogP contribution in [0.2, 0.25) is 5.02 Å². The standard InChI is InChI=1S/C18H17ClN2O5S/c1-11(22)21-14(10-27-17(21)15-7-4-8-25-15)18(24)26-9-16(23)20-13-6-3-2-5-12(13)19/h2-8,14,17H,9-10H2,1H3,(H,20,23)/t14-,17+/m1/s1. The Morgan fingerprint density at radius 1 is 1.30 bits per heavy atom. The van der Waals surface area contributed by atoms with Crippen molar-refractivity contribution in [2.24, 2.45) is 0 Å². The number of ether oxygens (including phenoxy) is 1. The van der Waals surface area contributed by atoms with Gasteiger partial charge in [0.2, 0.25) is 5.91 Å². The summed E-state index contributed by atoms with van der Waals surface area (Å²) in [6.45, 7) is 0.911. The minimum absolute atomic E-state index is 0.274. The number of rotatable bonds is 5. The number of amides is 2. The molecule has 0 radical (unpaired) electrons. The molecular weight excluding hydrogens is 392 g/mol. The maximum absolute atomic E-state index is 12.4. The fourth-order valence-corrected chi connectivity index (χ4v) is 4.30. The van der Waals surface area contributed by atoms with Gasteiger partial charge in [-0.2, -0.15) is 0 Å². The van der Waals surface area contributed by atoms with Gasteiger partial charge in [-0.1, -0.05) is 23.7 Å². The Hall–Kier alpha value is -2.45. The first-order valence-corrected chi connectivity index (χ1v) is 9.55. The normalized spacial score (nSPS) is 19.0. The molecule has 0 spiro atoms. The molecule has 0 unspecified atom stereocenters. The van der Waals surface area contributed by atoms with Gasteiger partial charge in [-0.3, -0.25) is 9.59 Å². The molecule has 0 bridgehead atoms. The largest absolute Gasteiger partial charge is 0.466 e. The van der Waals surface area contributed by atoms with Gasteiger partial charge < -0.3 is 19.4 Å². The molecular formula is C18H17ClN2O5S. The molecule has 2 atom stereocenters. The first kappa shape index (κ1) is 19.3. The van der Waals surface area contributed by atoms with Gasteiger partial charge >= 0.3 is 5.97 Å². The molecule has 142 valence electrons. The van der Waals surface area contributed by atoms with Crippen LogP contribution in [0.4, 0.5) is 5.69 Å². The van der Waals surface area contributed by atoms with Crippen molar-refractivity contribution in [3.63, 3.8) is 0 Å². The van der Waals surface area contributed by atoms with Gasteiger partial charge in [0, 0.05) is 12.7 Å². The predicted octanol–water partition coefficient (Wildman–Crippen LogP) is 3.08. The number of furan rings is 1. The summed E-state index contributed by atoms with van der Waals surface area (Å²) in [7, 11) is 0. The van der Waals surface area contributed by atoms with Gasteiger partial charge in [0.05, 0.1) is 17.0 Å². The van der Waals surface area contributed by atoms with Crippen LogP contribution in [0.3, 0.4) is 0 Å². The summed E-state index contributed by atoms with van der Waals surface area (Å²) in [6, 6.07) is 9.43. The molecule has 2 aromatic rings. The highest BCUT2D eigenvalue weighted by Crippen LogP contribution is 2.41. The maximum atomic E-state index is 12.4. The number of anilines is 1. The lowest BCUT2D eigenvalue weighted by atomic mass is 10.2. The lowest BCUT2D eigenvalue weighted by Gasteiger charge is -2.25. The van der Waals surface area contributed by atoms with E-state index in [1.165, 1.54) is 29.8 Å². The van der Waals surface area contributed by atoms with E-state index in [-0.39, 0.29) is 5.91 Å². The Morgan fingerprint density at radius 3 is 2.74 bits per heavy atom. The number of nitrogens with one attached hydrogen (secondary N) is 1. The number of carbonyl (C=O) groups is 3. The highest BCUT2D eigenvalue weighted by atomic mass is 35.5. The number of thioether (sulfide) groups is 1. The van der Waals surface area contributed by atoms with Gasteiger partial charge in [0.25, 0.3) is 5.91 Å². The zero-order chi connectivity index (χ0) is 19.4. The Bertz CT molecular complexity index is 842. The summed E-state index contributed by atoms with van der Waals surface area (Å²) in [5.41, 5.74) is 0.430. The Kier molecular flexibility index (Phi) is 6.08. The molecule has 2 heterocycles. The van der Waals surface area contributed by atoms with Gasteiger partial charge in [-0.25, -0.2) is 4.79 Å². The van der Waals surface area contributed by atoms with Crippen molar-refractivity contribution in [1.82, 2.24) is 4.90 Å². The van der Waals surface area contributed by atoms with Gasteiger partial charge in [0.15, 0.2) is 6.61 Å². The third kappa shape index (κ3) is 4.45. The summed E-state index contributed by atoms with van der Waals surface area (Å²) in [4.78, 5) is 37.9. The van der Waals surface area contributed by atoms with E-state index in [2.05, 4.69) is 5.32 Å². The third-order valence-electron chi connectivity index (χ3n) is 3.92. The van der Waals surface area contributed by atoms with Crippen molar-refractivity contribution >= 4 is 46.8 Å². The van der Waals surface area contributed by atoms with Crippen LogP contribution in [-0.2, 0) is 19.1 Å². The number of benzene rings is 1. The van der Waals surface area contributed by atoms with Crippen molar-refractivity contribution in [2.45, 2.75) is 18.3 Å². The van der Waals surface area contributed by atoms with Crippen molar-refractivity contribution in [3.05, 3.63) is 53.4 Å². The van der Waals surface area contributed by atoms with Crippen LogP contribution in [0.15, 0.2) is 47.1 Å². The van der Waals surface area contributed by atoms with Crippen LogP contribution in [-0.4, -0.2) is 41.1 Å². The predicted molar refractivity (Wildman–Crippen MR) is 101 cm³/mol. The molecule has 3 rings (SSSR count). The summed E-state index contributed by atoms with van der Waals surface area (Å²) in [5.74, 6) is -0.485. The molecule has 0 aliphatic carbocycles. The minimum atomic E-state index is -0.782. The van der Waals surface area contributed by atoms with E-state index in [1.807, 2.05) is 0 Å². The first-order chi connectivity index (χ1) is 13.0. The van der Waals surface area contributed by atoms with Crippen LogP contribution in [0.5, 0.6) is 0 Å². The fourth-order valence-electron chi connectivity index (χ4n) is 2.71. The Morgan fingerprint density at radius 2 is 2.07 bits per heavy atom. The van der Waals surface area contributed by atoms with Gasteiger partial charge in [-0.15, -0.1) is 11.8 Å². The van der Waals surface area contributed by atoms with Crippen molar-refractivity contribution < 1.29 is 23.5 Å². The molecule has 1 N–H and O–H groups in total. The number of para-hydroxylation sites is 1. The van der Waals surface area contributed by atoms with Crippen molar-refractivity contribution in [2.75, 3.05) is 17.7 Å². The van der Waals surface area contributed by atoms with E-state index in [0.717, 1.165) is 0 Å². The molecule has 27 heavy (non-hydrogen) atoms. The molecule has 1 fully saturated rings. The summed E-state index contributed by atoms with van der Waals surface area (Å²) < 4.78 is 10.5. The third-order valence-corrected chi connectivity index (χ3v) is 5.53. The van der Waals surface area contributed by atoms with E-state index in [4.69, 9.17) is 20.8 Å². The van der Waals surface area contributed by atoms with E-state index in [0.29, 0.717) is 22.2 Å². The number of carbonyl (C=O) groups excluding carboxylic acids is 3. The number of hydrogen-bond donors (Lipinski definition) is 1. The molecule has 1 aliphatic rings. The molecule has 0 saturated carbocycles. The lowest BCUT2D eigenvalue weighted by molar-refractivity contribution is -0.155. The molecule has 1 aliphatic heterocycles. The average molecular weight is 409 g/mol. The molecule has 2 amide bonds. The molecule has 7 nitrogen and oxygen atoms in total. The quantitative estimate of drug-likeness (QED) is 0.765. The number of nitrogens with zero attached hydrogens (tertiary/aromatic N) is 1. The first-order valence-electron chi connectivity index (χ1n) is 8.12. The van der Waals surface area contributed by atoms with Gasteiger partial charge in [-0.05, 0) is 24.3 Å². The van der Waals surface area contributed by atoms with Crippen molar-refractivity contribution in [3.8, 4) is 0 Å². The highest BCUT2D eigenvalue weighted by molar-refractivity contribution is 7.99. The van der Waals surface area contributed by atoms with E-state index in [9.17, 15) is 14.4 Å². The van der Waals surface area contributed by atoms with Crippen LogP contribution in [0.1, 0.15) is 18.1 Å². The summed E-state index contributed by atoms with van der Waals surface area (Å²) in [5, 5.41) is 2.56. The van der Waals surface area contributed by atoms with Crippen LogP contribution in [0.25, 0.3) is 0 Å². The van der Waals surface area contributed by atoms with Crippen LogP contribution >= 0.6 is 23.4 Å². The zero-order valence-electron chi connectivity index (χ0n) is 14.4. The van der Waals surface area contributed by atoms with Crippen molar-refractivity contribution in [1.29, 1.82) is 0 Å². The smallest absolute Gasteiger partial charge is 0.330 e. The summed E-state index contributed by atoms with van der Waals surface area (Å²) >= 11 is 7.38.